The smallest absolute Gasteiger partial charge is 0.253 e. The van der Waals surface area contributed by atoms with Crippen LogP contribution in [0.15, 0.2) is 54.6 Å². The van der Waals surface area contributed by atoms with Gasteiger partial charge in [-0.1, -0.05) is 42.5 Å². The molecule has 1 N–H and O–H groups in total. The van der Waals surface area contributed by atoms with E-state index in [2.05, 4.69) is 0 Å². The Labute approximate surface area is 148 Å². The summed E-state index contributed by atoms with van der Waals surface area (Å²) in [5.74, 6) is -0.0590. The molecule has 2 aromatic rings. The molecule has 0 aliphatic carbocycles. The number of benzene rings is 2. The molecule has 1 heterocycles. The van der Waals surface area contributed by atoms with Crippen LogP contribution >= 0.6 is 0 Å². The van der Waals surface area contributed by atoms with Gasteiger partial charge in [0.15, 0.2) is 5.78 Å². The molecule has 0 saturated carbocycles. The minimum atomic E-state index is -1.03. The Bertz CT molecular complexity index is 762. The topological polar surface area (TPSA) is 57.6 Å². The van der Waals surface area contributed by atoms with Crippen LogP contribution in [0.1, 0.15) is 45.5 Å². The van der Waals surface area contributed by atoms with E-state index in [0.29, 0.717) is 37.1 Å². The molecule has 1 aliphatic heterocycles. The predicted octanol–water partition coefficient (Wildman–Crippen LogP) is 3.24. The van der Waals surface area contributed by atoms with E-state index < -0.39 is 5.60 Å². The van der Waals surface area contributed by atoms with E-state index in [1.807, 2.05) is 43.3 Å². The Kier molecular flexibility index (Phi) is 5.00. The number of nitrogens with zero attached hydrogens (tertiary/aromatic N) is 1. The molecule has 25 heavy (non-hydrogen) atoms. The SMILES string of the molecule is Cc1ccccc1C(=O)CC1(O)CCN(C(=O)c2ccccc2)CC1. The third-order valence-corrected chi connectivity index (χ3v) is 4.94. The van der Waals surface area contributed by atoms with Crippen molar-refractivity contribution in [3.05, 3.63) is 71.3 Å². The molecule has 3 rings (SSSR count). The average Bonchev–Trinajstić information content (AvgIpc) is 2.62. The van der Waals surface area contributed by atoms with Crippen LogP contribution in [0.5, 0.6) is 0 Å². The highest BCUT2D eigenvalue weighted by Gasteiger charge is 2.36. The molecule has 4 nitrogen and oxygen atoms in total. The maximum Gasteiger partial charge on any atom is 0.253 e. The van der Waals surface area contributed by atoms with Gasteiger partial charge >= 0.3 is 0 Å². The molecule has 0 atom stereocenters. The van der Waals surface area contributed by atoms with Crippen LogP contribution in [-0.2, 0) is 0 Å². The first-order valence-electron chi connectivity index (χ1n) is 8.64. The van der Waals surface area contributed by atoms with Crippen LogP contribution in [0.25, 0.3) is 0 Å². The maximum atomic E-state index is 12.5. The van der Waals surface area contributed by atoms with Gasteiger partial charge in [-0.15, -0.1) is 0 Å². The summed E-state index contributed by atoms with van der Waals surface area (Å²) in [6.45, 7) is 2.83. The minimum Gasteiger partial charge on any atom is -0.389 e. The molecule has 0 aromatic heterocycles. The number of aliphatic hydroxyl groups is 1. The number of aryl methyl sites for hydroxylation is 1. The zero-order chi connectivity index (χ0) is 17.9. The number of carbonyl (C=O) groups excluding carboxylic acids is 2. The van der Waals surface area contributed by atoms with Gasteiger partial charge in [0.05, 0.1) is 5.60 Å². The molecule has 1 aliphatic rings. The number of hydrogen-bond donors (Lipinski definition) is 1. The van der Waals surface area contributed by atoms with E-state index in [0.717, 1.165) is 5.56 Å². The van der Waals surface area contributed by atoms with Crippen LogP contribution in [0, 0.1) is 6.92 Å². The third-order valence-electron chi connectivity index (χ3n) is 4.94. The van der Waals surface area contributed by atoms with Gasteiger partial charge in [-0.2, -0.15) is 0 Å². The summed E-state index contributed by atoms with van der Waals surface area (Å²) in [6, 6.07) is 16.6. The monoisotopic (exact) mass is 337 g/mol. The van der Waals surface area contributed by atoms with Crippen molar-refractivity contribution >= 4 is 11.7 Å². The van der Waals surface area contributed by atoms with Crippen molar-refractivity contribution in [2.24, 2.45) is 0 Å². The second-order valence-electron chi connectivity index (χ2n) is 6.80. The Balaban J connectivity index is 1.62. The van der Waals surface area contributed by atoms with Crippen LogP contribution < -0.4 is 0 Å². The summed E-state index contributed by atoms with van der Waals surface area (Å²) in [6.07, 6.45) is 0.942. The van der Waals surface area contributed by atoms with Crippen LogP contribution in [-0.4, -0.2) is 40.4 Å². The van der Waals surface area contributed by atoms with E-state index in [-0.39, 0.29) is 18.1 Å². The summed E-state index contributed by atoms with van der Waals surface area (Å²) in [4.78, 5) is 26.8. The lowest BCUT2D eigenvalue weighted by Gasteiger charge is -2.38. The van der Waals surface area contributed by atoms with E-state index >= 15 is 0 Å². The van der Waals surface area contributed by atoms with Gasteiger partial charge in [-0.05, 0) is 37.5 Å². The van der Waals surface area contributed by atoms with Crippen molar-refractivity contribution in [3.63, 3.8) is 0 Å². The van der Waals surface area contributed by atoms with E-state index in [4.69, 9.17) is 0 Å². The molecule has 0 unspecified atom stereocenters. The van der Waals surface area contributed by atoms with E-state index in [1.165, 1.54) is 0 Å². The van der Waals surface area contributed by atoms with Gasteiger partial charge in [0.1, 0.15) is 0 Å². The zero-order valence-corrected chi connectivity index (χ0v) is 14.4. The predicted molar refractivity (Wildman–Crippen MR) is 96.7 cm³/mol. The lowest BCUT2D eigenvalue weighted by molar-refractivity contribution is -0.0180. The minimum absolute atomic E-state index is 0.0205. The Morgan fingerprint density at radius 3 is 2.24 bits per heavy atom. The third kappa shape index (κ3) is 3.97. The summed E-state index contributed by atoms with van der Waals surface area (Å²) in [5, 5.41) is 10.8. The second-order valence-corrected chi connectivity index (χ2v) is 6.80. The lowest BCUT2D eigenvalue weighted by Crippen LogP contribution is -2.47. The molecule has 0 bridgehead atoms. The number of likely N-dealkylation sites (tertiary alicyclic amines) is 1. The normalized spacial score (nSPS) is 16.5. The van der Waals surface area contributed by atoms with Gasteiger partial charge in [-0.3, -0.25) is 9.59 Å². The first-order valence-corrected chi connectivity index (χ1v) is 8.64. The van der Waals surface area contributed by atoms with Gasteiger partial charge in [0.25, 0.3) is 5.91 Å². The average molecular weight is 337 g/mol. The van der Waals surface area contributed by atoms with E-state index in [9.17, 15) is 14.7 Å². The van der Waals surface area contributed by atoms with Crippen LogP contribution in [0.3, 0.4) is 0 Å². The van der Waals surface area contributed by atoms with Crippen molar-refractivity contribution in [1.82, 2.24) is 4.90 Å². The van der Waals surface area contributed by atoms with Gasteiger partial charge in [0.2, 0.25) is 0 Å². The van der Waals surface area contributed by atoms with Crippen LogP contribution in [0.4, 0.5) is 0 Å². The summed E-state index contributed by atoms with van der Waals surface area (Å²) in [5.41, 5.74) is 1.21. The Hall–Kier alpha value is -2.46. The number of piperidine rings is 1. The number of carbonyl (C=O) groups is 2. The largest absolute Gasteiger partial charge is 0.389 e. The van der Waals surface area contributed by atoms with Crippen molar-refractivity contribution in [1.29, 1.82) is 0 Å². The van der Waals surface area contributed by atoms with Gasteiger partial charge < -0.3 is 10.0 Å². The maximum absolute atomic E-state index is 12.5. The first-order chi connectivity index (χ1) is 12.0. The Morgan fingerprint density at radius 1 is 1.00 bits per heavy atom. The molecule has 4 heteroatoms. The number of ketones is 1. The van der Waals surface area contributed by atoms with Crippen molar-refractivity contribution in [3.8, 4) is 0 Å². The molecule has 1 fully saturated rings. The van der Waals surface area contributed by atoms with Crippen molar-refractivity contribution < 1.29 is 14.7 Å². The molecule has 1 saturated heterocycles. The Morgan fingerprint density at radius 2 is 1.60 bits per heavy atom. The lowest BCUT2D eigenvalue weighted by atomic mass is 9.84. The summed E-state index contributed by atoms with van der Waals surface area (Å²) < 4.78 is 0. The zero-order valence-electron chi connectivity index (χ0n) is 14.4. The van der Waals surface area contributed by atoms with E-state index in [1.54, 1.807) is 23.1 Å². The molecule has 1 amide bonds. The quantitative estimate of drug-likeness (QED) is 0.872. The highest BCUT2D eigenvalue weighted by Crippen LogP contribution is 2.28. The highest BCUT2D eigenvalue weighted by atomic mass is 16.3. The number of amides is 1. The first kappa shape index (κ1) is 17.4. The molecule has 0 radical (unpaired) electrons. The van der Waals surface area contributed by atoms with Gasteiger partial charge in [0, 0.05) is 30.6 Å². The highest BCUT2D eigenvalue weighted by molar-refractivity contribution is 5.98. The van der Waals surface area contributed by atoms with Crippen molar-refractivity contribution in [2.45, 2.75) is 31.8 Å². The summed E-state index contributed by atoms with van der Waals surface area (Å²) >= 11 is 0. The number of rotatable bonds is 4. The molecular weight excluding hydrogens is 314 g/mol. The molecule has 130 valence electrons. The molecule has 2 aromatic carbocycles. The summed E-state index contributed by atoms with van der Waals surface area (Å²) in [7, 11) is 0. The molecular formula is C21H23NO3. The van der Waals surface area contributed by atoms with Crippen molar-refractivity contribution in [2.75, 3.05) is 13.1 Å². The fourth-order valence-electron chi connectivity index (χ4n) is 3.35. The molecule has 0 spiro atoms. The fraction of sp³-hybridized carbons (Fsp3) is 0.333. The number of Topliss-reactive ketones (excluding diaryl/α,β-unsaturated/α-hetero) is 1. The van der Waals surface area contributed by atoms with Gasteiger partial charge in [-0.25, -0.2) is 0 Å². The fourth-order valence-corrected chi connectivity index (χ4v) is 3.35. The van der Waals surface area contributed by atoms with Crippen LogP contribution in [0.2, 0.25) is 0 Å². The second kappa shape index (κ2) is 7.19. The number of hydrogen-bond acceptors (Lipinski definition) is 3. The standard InChI is InChI=1S/C21H23NO3/c1-16-7-5-6-10-18(16)19(23)15-21(25)11-13-22(14-12-21)20(24)17-8-3-2-4-9-17/h2-10,25H,11-15H2,1H3.